The Bertz CT molecular complexity index is 1040. The molecule has 3 rings (SSSR count). The van der Waals surface area contributed by atoms with Crippen LogP contribution in [0.5, 0.6) is 17.2 Å². The molecule has 0 amide bonds. The van der Waals surface area contributed by atoms with Crippen molar-refractivity contribution in [2.24, 2.45) is 0 Å². The first-order valence-corrected chi connectivity index (χ1v) is 10.9. The van der Waals surface area contributed by atoms with Crippen molar-refractivity contribution in [3.8, 4) is 17.2 Å². The molecule has 0 aliphatic carbocycles. The van der Waals surface area contributed by atoms with Gasteiger partial charge in [-0.05, 0) is 47.9 Å². The molecule has 0 fully saturated rings. The van der Waals surface area contributed by atoms with Crippen LogP contribution in [0.25, 0.3) is 0 Å². The summed E-state index contributed by atoms with van der Waals surface area (Å²) in [7, 11) is 1.50. The fourth-order valence-electron chi connectivity index (χ4n) is 3.01. The van der Waals surface area contributed by atoms with Crippen LogP contribution in [0.4, 0.5) is 0 Å². The highest BCUT2D eigenvalue weighted by atomic mass is 35.5. The van der Waals surface area contributed by atoms with Crippen molar-refractivity contribution < 1.29 is 23.9 Å². The predicted molar refractivity (Wildman–Crippen MR) is 117 cm³/mol. The minimum absolute atomic E-state index is 0.146. The summed E-state index contributed by atoms with van der Waals surface area (Å²) in [6.45, 7) is 1.80. The monoisotopic (exact) mass is 444 g/mol. The zero-order valence-corrected chi connectivity index (χ0v) is 18.1. The van der Waals surface area contributed by atoms with Crippen LogP contribution in [0.2, 0.25) is 5.02 Å². The Morgan fingerprint density at radius 3 is 2.40 bits per heavy atom. The van der Waals surface area contributed by atoms with E-state index < -0.39 is 17.1 Å². The fourth-order valence-corrected chi connectivity index (χ4v) is 4.65. The van der Waals surface area contributed by atoms with E-state index in [2.05, 4.69) is 0 Å². The van der Waals surface area contributed by atoms with Crippen molar-refractivity contribution in [1.29, 1.82) is 0 Å². The maximum atomic E-state index is 13.2. The minimum Gasteiger partial charge on any atom is -0.611 e. The number of carboxylic acids is 1. The van der Waals surface area contributed by atoms with Crippen molar-refractivity contribution >= 4 is 28.7 Å². The van der Waals surface area contributed by atoms with Crippen molar-refractivity contribution in [3.05, 3.63) is 82.4 Å². The van der Waals surface area contributed by atoms with E-state index in [9.17, 15) is 9.35 Å². The zero-order chi connectivity index (χ0) is 21.7. The van der Waals surface area contributed by atoms with E-state index in [1.807, 2.05) is 30.3 Å². The number of methoxy groups -OCH3 is 1. The Balaban J connectivity index is 1.99. The Morgan fingerprint density at radius 2 is 1.73 bits per heavy atom. The summed E-state index contributed by atoms with van der Waals surface area (Å²) in [5.41, 5.74) is 2.17. The molecule has 0 radical (unpaired) electrons. The first-order valence-electron chi connectivity index (χ1n) is 9.17. The second-order valence-corrected chi connectivity index (χ2v) is 8.43. The van der Waals surface area contributed by atoms with E-state index in [-0.39, 0.29) is 6.42 Å². The molecule has 0 heterocycles. The van der Waals surface area contributed by atoms with Crippen LogP contribution in [-0.2, 0) is 28.1 Å². The highest BCUT2D eigenvalue weighted by molar-refractivity contribution is 7.90. The van der Waals surface area contributed by atoms with Gasteiger partial charge in [0.25, 0.3) is 0 Å². The molecule has 0 aliphatic rings. The lowest BCUT2D eigenvalue weighted by molar-refractivity contribution is -0.136. The maximum absolute atomic E-state index is 13.2. The average Bonchev–Trinajstić information content (AvgIpc) is 2.71. The summed E-state index contributed by atoms with van der Waals surface area (Å²) in [6.07, 6.45) is -0.146. The Hall–Kier alpha value is -2.67. The lowest BCUT2D eigenvalue weighted by Crippen LogP contribution is -2.09. The van der Waals surface area contributed by atoms with Gasteiger partial charge in [0.1, 0.15) is 5.75 Å². The molecular formula is C23H21ClO5S. The normalized spacial score (nSPS) is 11.7. The van der Waals surface area contributed by atoms with Gasteiger partial charge in [0.15, 0.2) is 22.1 Å². The quantitative estimate of drug-likeness (QED) is 0.471. The topological polar surface area (TPSA) is 78.8 Å². The molecule has 7 heteroatoms. The highest BCUT2D eigenvalue weighted by Gasteiger charge is 2.24. The van der Waals surface area contributed by atoms with Crippen molar-refractivity contribution in [2.75, 3.05) is 7.11 Å². The summed E-state index contributed by atoms with van der Waals surface area (Å²) in [5, 5.41) is 9.56. The predicted octanol–water partition coefficient (Wildman–Crippen LogP) is 5.38. The van der Waals surface area contributed by atoms with Gasteiger partial charge in [0.05, 0.1) is 13.5 Å². The molecule has 1 atom stereocenters. The van der Waals surface area contributed by atoms with Crippen molar-refractivity contribution in [1.82, 2.24) is 0 Å². The van der Waals surface area contributed by atoms with Crippen molar-refractivity contribution in [3.63, 3.8) is 0 Å². The number of benzene rings is 3. The van der Waals surface area contributed by atoms with Gasteiger partial charge in [0.2, 0.25) is 0 Å². The van der Waals surface area contributed by atoms with Gasteiger partial charge in [0, 0.05) is 16.1 Å². The van der Waals surface area contributed by atoms with Gasteiger partial charge < -0.3 is 19.1 Å². The van der Waals surface area contributed by atoms with E-state index in [0.29, 0.717) is 44.0 Å². The summed E-state index contributed by atoms with van der Waals surface area (Å²) in [4.78, 5) is 11.6. The third kappa shape index (κ3) is 5.27. The summed E-state index contributed by atoms with van der Waals surface area (Å²) >= 11 is 4.89. The van der Waals surface area contributed by atoms with Gasteiger partial charge >= 0.3 is 5.97 Å². The molecule has 3 aromatic rings. The highest BCUT2D eigenvalue weighted by Crippen LogP contribution is 2.39. The number of ether oxygens (including phenoxy) is 2. The third-order valence-electron chi connectivity index (χ3n) is 4.48. The number of aliphatic carboxylic acids is 1. The molecule has 0 bridgehead atoms. The van der Waals surface area contributed by atoms with E-state index in [0.717, 1.165) is 5.56 Å². The largest absolute Gasteiger partial charge is 0.611 e. The van der Waals surface area contributed by atoms with Crippen LogP contribution in [0.1, 0.15) is 16.7 Å². The van der Waals surface area contributed by atoms with Crippen LogP contribution in [0.15, 0.2) is 65.6 Å². The molecule has 156 valence electrons. The van der Waals surface area contributed by atoms with Crippen LogP contribution in [0, 0.1) is 6.92 Å². The van der Waals surface area contributed by atoms with E-state index in [4.69, 9.17) is 26.2 Å². The molecule has 0 aliphatic heterocycles. The van der Waals surface area contributed by atoms with Gasteiger partial charge in [-0.3, -0.25) is 4.79 Å². The lowest BCUT2D eigenvalue weighted by Gasteiger charge is -2.19. The number of carbonyl (C=O) groups is 1. The van der Waals surface area contributed by atoms with E-state index >= 15 is 0 Å². The van der Waals surface area contributed by atoms with Gasteiger partial charge in [-0.25, -0.2) is 0 Å². The minimum atomic E-state index is -1.41. The standard InChI is InChI=1S/C23H21ClO5S/c1-15-18(24)9-11-20(23(15)30(27)14-16-6-4-3-5-7-16)29-21-12-17(13-22(25)26)8-10-19(21)28-2/h3-12H,13-14H2,1-2H3,(H,25,26). The number of halogens is 1. The molecule has 5 nitrogen and oxygen atoms in total. The smallest absolute Gasteiger partial charge is 0.307 e. The molecule has 0 aromatic heterocycles. The van der Waals surface area contributed by atoms with Crippen LogP contribution < -0.4 is 9.47 Å². The molecule has 1 unspecified atom stereocenters. The Labute approximate surface area is 183 Å². The Morgan fingerprint density at radius 1 is 1.03 bits per heavy atom. The zero-order valence-electron chi connectivity index (χ0n) is 16.6. The molecule has 0 saturated heterocycles. The third-order valence-corrected chi connectivity index (χ3v) is 6.44. The average molecular weight is 445 g/mol. The van der Waals surface area contributed by atoms with Crippen LogP contribution >= 0.6 is 11.6 Å². The SMILES string of the molecule is COc1ccc(CC(=O)O)cc1Oc1ccc(Cl)c(C)c1[S+]([O-])Cc1ccccc1. The number of hydrogen-bond acceptors (Lipinski definition) is 4. The molecule has 0 spiro atoms. The van der Waals surface area contributed by atoms with Crippen LogP contribution in [0.3, 0.4) is 0 Å². The van der Waals surface area contributed by atoms with Gasteiger partial charge in [-0.1, -0.05) is 48.0 Å². The first kappa shape index (κ1) is 22.0. The first-order chi connectivity index (χ1) is 14.4. The van der Waals surface area contributed by atoms with E-state index in [1.165, 1.54) is 7.11 Å². The summed E-state index contributed by atoms with van der Waals surface area (Å²) < 4.78 is 24.7. The van der Waals surface area contributed by atoms with E-state index in [1.54, 1.807) is 37.3 Å². The number of carboxylic acid groups (broad SMARTS) is 1. The molecule has 1 N–H and O–H groups in total. The second kappa shape index (κ2) is 9.89. The molecule has 3 aromatic carbocycles. The van der Waals surface area contributed by atoms with Gasteiger partial charge in [-0.15, -0.1) is 0 Å². The molecular weight excluding hydrogens is 424 g/mol. The maximum Gasteiger partial charge on any atom is 0.307 e. The lowest BCUT2D eigenvalue weighted by atomic mass is 10.1. The fraction of sp³-hybridized carbons (Fsp3) is 0.174. The van der Waals surface area contributed by atoms with Crippen molar-refractivity contribution in [2.45, 2.75) is 24.0 Å². The van der Waals surface area contributed by atoms with Gasteiger partial charge in [-0.2, -0.15) is 0 Å². The molecule has 0 saturated carbocycles. The summed E-state index contributed by atoms with van der Waals surface area (Å²) in [5.74, 6) is 0.539. The van der Waals surface area contributed by atoms with Crippen LogP contribution in [-0.4, -0.2) is 22.7 Å². The summed E-state index contributed by atoms with van der Waals surface area (Å²) in [6, 6.07) is 17.8. The number of rotatable bonds is 8. The second-order valence-electron chi connectivity index (χ2n) is 6.63. The Kier molecular flexibility index (Phi) is 7.26. The number of hydrogen-bond donors (Lipinski definition) is 1. The molecule has 30 heavy (non-hydrogen) atoms.